The molecule has 0 fully saturated rings. The first kappa shape index (κ1) is 19.0. The van der Waals surface area contributed by atoms with Gasteiger partial charge in [0.25, 0.3) is 21.5 Å². The van der Waals surface area contributed by atoms with Crippen molar-refractivity contribution < 1.29 is 13.2 Å². The summed E-state index contributed by atoms with van der Waals surface area (Å²) in [7, 11) is 0.475. The molecule has 0 saturated heterocycles. The van der Waals surface area contributed by atoms with Gasteiger partial charge in [-0.05, 0) is 36.8 Å². The summed E-state index contributed by atoms with van der Waals surface area (Å²) >= 11 is 6.01. The second-order valence-electron chi connectivity index (χ2n) is 5.74. The van der Waals surface area contributed by atoms with Crippen LogP contribution in [0.4, 0.5) is 5.69 Å². The van der Waals surface area contributed by atoms with Crippen LogP contribution in [0.25, 0.3) is 0 Å². The van der Waals surface area contributed by atoms with E-state index in [9.17, 15) is 18.0 Å². The van der Waals surface area contributed by atoms with E-state index in [2.05, 4.69) is 4.72 Å². The van der Waals surface area contributed by atoms with E-state index in [1.165, 1.54) is 34.7 Å². The number of nitrogens with one attached hydrogen (secondary N) is 1. The van der Waals surface area contributed by atoms with E-state index >= 15 is 0 Å². The normalized spacial score (nSPS) is 11.2. The second-order valence-corrected chi connectivity index (χ2v) is 7.80. The first-order valence-corrected chi connectivity index (χ1v) is 9.11. The minimum Gasteiger partial charge on any atom is -0.345 e. The molecule has 0 radical (unpaired) electrons. The molecule has 0 aliphatic rings. The first-order chi connectivity index (χ1) is 11.5. The summed E-state index contributed by atoms with van der Waals surface area (Å²) in [6.45, 7) is 1.62. The third-order valence-electron chi connectivity index (χ3n) is 3.59. The number of aromatic nitrogens is 1. The number of amides is 1. The quantitative estimate of drug-likeness (QED) is 0.872. The van der Waals surface area contributed by atoms with Gasteiger partial charge in [-0.25, -0.2) is 8.42 Å². The van der Waals surface area contributed by atoms with Gasteiger partial charge in [0, 0.05) is 32.9 Å². The first-order valence-electron chi connectivity index (χ1n) is 7.25. The van der Waals surface area contributed by atoms with E-state index in [1.54, 1.807) is 33.3 Å². The average Bonchev–Trinajstić information content (AvgIpc) is 2.54. The Bertz CT molecular complexity index is 997. The standard InChI is InChI=1S/C16H18ClN3O4S/c1-10-7-8-20(4)16(22)14(10)18-25(23,24)13-9-11(5-6-12(13)17)15(21)19(2)3/h5-9,18H,1-4H3. The Labute approximate surface area is 150 Å². The number of carbonyl (C=O) groups is 1. The highest BCUT2D eigenvalue weighted by molar-refractivity contribution is 7.92. The summed E-state index contributed by atoms with van der Waals surface area (Å²) < 4.78 is 29.0. The smallest absolute Gasteiger partial charge is 0.274 e. The monoisotopic (exact) mass is 383 g/mol. The molecule has 0 bridgehead atoms. The Morgan fingerprint density at radius 3 is 2.48 bits per heavy atom. The van der Waals surface area contributed by atoms with E-state index in [-0.39, 0.29) is 27.1 Å². The SMILES string of the molecule is Cc1ccn(C)c(=O)c1NS(=O)(=O)c1cc(C(=O)N(C)C)ccc1Cl. The molecule has 0 atom stereocenters. The second kappa shape index (κ2) is 6.89. The topological polar surface area (TPSA) is 88.5 Å². The molecule has 25 heavy (non-hydrogen) atoms. The molecule has 1 aromatic heterocycles. The maximum atomic E-state index is 12.7. The Balaban J connectivity index is 2.55. The number of rotatable bonds is 4. The number of aryl methyl sites for hydroxylation is 2. The van der Waals surface area contributed by atoms with E-state index in [4.69, 9.17) is 11.6 Å². The van der Waals surface area contributed by atoms with Gasteiger partial charge in [-0.15, -0.1) is 0 Å². The Hall–Kier alpha value is -2.32. The summed E-state index contributed by atoms with van der Waals surface area (Å²) in [5.41, 5.74) is 0.0985. The Kier molecular flexibility index (Phi) is 5.24. The lowest BCUT2D eigenvalue weighted by Crippen LogP contribution is -2.26. The molecule has 2 rings (SSSR count). The Morgan fingerprint density at radius 1 is 1.24 bits per heavy atom. The van der Waals surface area contributed by atoms with E-state index in [1.807, 2.05) is 0 Å². The van der Waals surface area contributed by atoms with Crippen molar-refractivity contribution in [1.82, 2.24) is 9.47 Å². The van der Waals surface area contributed by atoms with Crippen LogP contribution in [0, 0.1) is 6.92 Å². The number of halogens is 1. The molecule has 0 saturated carbocycles. The third kappa shape index (κ3) is 3.85. The van der Waals surface area contributed by atoms with Gasteiger partial charge in [0.15, 0.2) is 0 Å². The lowest BCUT2D eigenvalue weighted by Gasteiger charge is -2.14. The van der Waals surface area contributed by atoms with Gasteiger partial charge in [0.05, 0.1) is 5.02 Å². The third-order valence-corrected chi connectivity index (χ3v) is 5.42. The molecule has 7 nitrogen and oxygen atoms in total. The van der Waals surface area contributed by atoms with Crippen LogP contribution in [-0.4, -0.2) is 37.9 Å². The number of hydrogen-bond donors (Lipinski definition) is 1. The average molecular weight is 384 g/mol. The van der Waals surface area contributed by atoms with E-state index in [0.717, 1.165) is 0 Å². The summed E-state index contributed by atoms with van der Waals surface area (Å²) in [4.78, 5) is 25.3. The zero-order valence-corrected chi connectivity index (χ0v) is 15.8. The van der Waals surface area contributed by atoms with Crippen LogP contribution in [0.2, 0.25) is 5.02 Å². The predicted molar refractivity (Wildman–Crippen MR) is 96.7 cm³/mol. The van der Waals surface area contributed by atoms with E-state index in [0.29, 0.717) is 5.56 Å². The molecule has 1 N–H and O–H groups in total. The van der Waals surface area contributed by atoms with Crippen LogP contribution in [0.1, 0.15) is 15.9 Å². The largest absolute Gasteiger partial charge is 0.345 e. The van der Waals surface area contributed by atoms with Gasteiger partial charge in [0.2, 0.25) is 0 Å². The highest BCUT2D eigenvalue weighted by atomic mass is 35.5. The molecule has 1 heterocycles. The molecular formula is C16H18ClN3O4S. The van der Waals surface area contributed by atoms with Crippen LogP contribution >= 0.6 is 11.6 Å². The van der Waals surface area contributed by atoms with Crippen molar-refractivity contribution in [2.75, 3.05) is 18.8 Å². The molecule has 2 aromatic rings. The molecule has 0 aliphatic heterocycles. The molecule has 0 unspecified atom stereocenters. The summed E-state index contributed by atoms with van der Waals surface area (Å²) in [6.07, 6.45) is 1.54. The van der Waals surface area contributed by atoms with E-state index < -0.39 is 15.6 Å². The van der Waals surface area contributed by atoms with Crippen molar-refractivity contribution in [1.29, 1.82) is 0 Å². The molecule has 1 amide bonds. The van der Waals surface area contributed by atoms with Gasteiger partial charge in [0.1, 0.15) is 10.6 Å². The fourth-order valence-corrected chi connectivity index (χ4v) is 3.79. The number of pyridine rings is 1. The van der Waals surface area contributed by atoms with Gasteiger partial charge < -0.3 is 9.47 Å². The van der Waals surface area contributed by atoms with Gasteiger partial charge >= 0.3 is 0 Å². The fraction of sp³-hybridized carbons (Fsp3) is 0.250. The van der Waals surface area contributed by atoms with Crippen molar-refractivity contribution in [2.45, 2.75) is 11.8 Å². The molecule has 0 aliphatic carbocycles. The van der Waals surface area contributed by atoms with Crippen LogP contribution in [0.15, 0.2) is 40.2 Å². The number of benzene rings is 1. The number of nitrogens with zero attached hydrogens (tertiary/aromatic N) is 2. The van der Waals surface area contributed by atoms with Crippen LogP contribution in [0.5, 0.6) is 0 Å². The number of anilines is 1. The maximum absolute atomic E-state index is 12.7. The highest BCUT2D eigenvalue weighted by Gasteiger charge is 2.23. The van der Waals surface area contributed by atoms with Crippen molar-refractivity contribution in [3.05, 3.63) is 57.0 Å². The number of carbonyl (C=O) groups excluding carboxylic acids is 1. The zero-order valence-electron chi connectivity index (χ0n) is 14.2. The minimum absolute atomic E-state index is 0.0479. The zero-order chi connectivity index (χ0) is 18.9. The van der Waals surface area contributed by atoms with Gasteiger partial charge in [-0.2, -0.15) is 0 Å². The fourth-order valence-electron chi connectivity index (χ4n) is 2.13. The number of sulfonamides is 1. The molecule has 0 spiro atoms. The lowest BCUT2D eigenvalue weighted by molar-refractivity contribution is 0.0827. The van der Waals surface area contributed by atoms with Gasteiger partial charge in [-0.3, -0.25) is 14.3 Å². The molecule has 9 heteroatoms. The molecular weight excluding hydrogens is 366 g/mol. The van der Waals surface area contributed by atoms with Crippen molar-refractivity contribution in [3.8, 4) is 0 Å². The van der Waals surface area contributed by atoms with Crippen molar-refractivity contribution >= 4 is 33.2 Å². The summed E-state index contributed by atoms with van der Waals surface area (Å²) in [5, 5.41) is -0.0479. The summed E-state index contributed by atoms with van der Waals surface area (Å²) in [6, 6.07) is 5.59. The maximum Gasteiger partial charge on any atom is 0.274 e. The van der Waals surface area contributed by atoms with Crippen molar-refractivity contribution in [3.63, 3.8) is 0 Å². The highest BCUT2D eigenvalue weighted by Crippen LogP contribution is 2.25. The molecule has 1 aromatic carbocycles. The molecule has 134 valence electrons. The Morgan fingerprint density at radius 2 is 1.88 bits per heavy atom. The minimum atomic E-state index is -4.15. The lowest BCUT2D eigenvalue weighted by atomic mass is 10.2. The summed E-state index contributed by atoms with van der Waals surface area (Å²) in [5.74, 6) is -0.361. The number of hydrogen-bond acceptors (Lipinski definition) is 4. The van der Waals surface area contributed by atoms with Crippen molar-refractivity contribution in [2.24, 2.45) is 7.05 Å². The van der Waals surface area contributed by atoms with Gasteiger partial charge in [-0.1, -0.05) is 11.6 Å². The van der Waals surface area contributed by atoms with Crippen LogP contribution in [0.3, 0.4) is 0 Å². The predicted octanol–water partition coefficient (Wildman–Crippen LogP) is 1.85. The van der Waals surface area contributed by atoms with Crippen LogP contribution in [-0.2, 0) is 17.1 Å². The van der Waals surface area contributed by atoms with Crippen LogP contribution < -0.4 is 10.3 Å².